The molecule has 0 aliphatic rings. The van der Waals surface area contributed by atoms with E-state index in [1.54, 1.807) is 43.5 Å². The molecule has 2 rings (SSSR count). The van der Waals surface area contributed by atoms with E-state index in [4.69, 9.17) is 27.9 Å². The number of rotatable bonds is 3. The van der Waals surface area contributed by atoms with Crippen molar-refractivity contribution in [2.75, 3.05) is 0 Å². The standard InChI is InChI=1S/C13H11Cl2NO2/c1-8(17)9-2-3-16-13(4-9)18-12-6-10(14)5-11(15)7-12/h2-8,17H,1H3. The summed E-state index contributed by atoms with van der Waals surface area (Å²) in [6, 6.07) is 8.30. The molecule has 0 radical (unpaired) electrons. The van der Waals surface area contributed by atoms with E-state index < -0.39 is 6.10 Å². The van der Waals surface area contributed by atoms with E-state index >= 15 is 0 Å². The Morgan fingerprint density at radius 2 is 1.83 bits per heavy atom. The summed E-state index contributed by atoms with van der Waals surface area (Å²) in [4.78, 5) is 4.06. The molecule has 1 heterocycles. The molecule has 5 heteroatoms. The molecular formula is C13H11Cl2NO2. The Kier molecular flexibility index (Phi) is 4.07. The van der Waals surface area contributed by atoms with Crippen LogP contribution < -0.4 is 4.74 Å². The van der Waals surface area contributed by atoms with E-state index in [1.165, 1.54) is 0 Å². The second-order valence-corrected chi connectivity index (χ2v) is 4.68. The first kappa shape index (κ1) is 13.1. The van der Waals surface area contributed by atoms with Gasteiger partial charge in [0.2, 0.25) is 5.88 Å². The van der Waals surface area contributed by atoms with Crippen LogP contribution in [0.3, 0.4) is 0 Å². The van der Waals surface area contributed by atoms with Crippen LogP contribution in [-0.4, -0.2) is 10.1 Å². The molecule has 0 amide bonds. The lowest BCUT2D eigenvalue weighted by molar-refractivity contribution is 0.198. The number of ether oxygens (including phenoxy) is 1. The van der Waals surface area contributed by atoms with Crippen LogP contribution in [0.2, 0.25) is 10.0 Å². The lowest BCUT2D eigenvalue weighted by Crippen LogP contribution is -1.94. The van der Waals surface area contributed by atoms with Gasteiger partial charge in [0.1, 0.15) is 5.75 Å². The molecule has 3 nitrogen and oxygen atoms in total. The summed E-state index contributed by atoms with van der Waals surface area (Å²) in [6.07, 6.45) is 1.00. The van der Waals surface area contributed by atoms with Crippen molar-refractivity contribution in [2.24, 2.45) is 0 Å². The minimum absolute atomic E-state index is 0.381. The van der Waals surface area contributed by atoms with Crippen LogP contribution >= 0.6 is 23.2 Å². The van der Waals surface area contributed by atoms with Gasteiger partial charge < -0.3 is 9.84 Å². The van der Waals surface area contributed by atoms with Gasteiger partial charge in [-0.05, 0) is 36.8 Å². The van der Waals surface area contributed by atoms with Crippen molar-refractivity contribution >= 4 is 23.2 Å². The first-order chi connectivity index (χ1) is 8.54. The third-order valence-electron chi connectivity index (χ3n) is 2.30. The first-order valence-corrected chi connectivity index (χ1v) is 6.08. The largest absolute Gasteiger partial charge is 0.439 e. The molecule has 1 unspecified atom stereocenters. The first-order valence-electron chi connectivity index (χ1n) is 5.32. The van der Waals surface area contributed by atoms with E-state index in [2.05, 4.69) is 4.98 Å². The number of aliphatic hydroxyl groups is 1. The van der Waals surface area contributed by atoms with Crippen molar-refractivity contribution in [2.45, 2.75) is 13.0 Å². The SMILES string of the molecule is CC(O)c1ccnc(Oc2cc(Cl)cc(Cl)c2)c1. The molecule has 18 heavy (non-hydrogen) atoms. The number of halogens is 2. The summed E-state index contributed by atoms with van der Waals surface area (Å²) in [6.45, 7) is 1.68. The van der Waals surface area contributed by atoms with Gasteiger partial charge >= 0.3 is 0 Å². The summed E-state index contributed by atoms with van der Waals surface area (Å²) in [5.41, 5.74) is 0.730. The Bertz CT molecular complexity index is 538. The highest BCUT2D eigenvalue weighted by Gasteiger charge is 2.05. The van der Waals surface area contributed by atoms with Gasteiger partial charge in [0, 0.05) is 22.3 Å². The molecular weight excluding hydrogens is 273 g/mol. The van der Waals surface area contributed by atoms with Gasteiger partial charge in [-0.25, -0.2) is 4.98 Å². The van der Waals surface area contributed by atoms with Gasteiger partial charge in [-0.15, -0.1) is 0 Å². The van der Waals surface area contributed by atoms with E-state index in [0.717, 1.165) is 5.56 Å². The number of aromatic nitrogens is 1. The zero-order valence-electron chi connectivity index (χ0n) is 9.60. The smallest absolute Gasteiger partial charge is 0.219 e. The number of hydrogen-bond donors (Lipinski definition) is 1. The molecule has 94 valence electrons. The van der Waals surface area contributed by atoms with Crippen LogP contribution in [0, 0.1) is 0 Å². The zero-order chi connectivity index (χ0) is 13.1. The minimum Gasteiger partial charge on any atom is -0.439 e. The fourth-order valence-electron chi connectivity index (χ4n) is 1.45. The van der Waals surface area contributed by atoms with Crippen molar-refractivity contribution in [1.29, 1.82) is 0 Å². The van der Waals surface area contributed by atoms with Crippen LogP contribution in [0.5, 0.6) is 11.6 Å². The highest BCUT2D eigenvalue weighted by atomic mass is 35.5. The van der Waals surface area contributed by atoms with Crippen molar-refractivity contribution in [3.8, 4) is 11.6 Å². The maximum atomic E-state index is 9.48. The number of benzene rings is 1. The average molecular weight is 284 g/mol. The lowest BCUT2D eigenvalue weighted by Gasteiger charge is -2.08. The Labute approximate surface area is 115 Å². The molecule has 2 aromatic rings. The predicted octanol–water partition coefficient (Wildman–Crippen LogP) is 4.23. The maximum absolute atomic E-state index is 9.48. The summed E-state index contributed by atoms with van der Waals surface area (Å²) in [7, 11) is 0. The van der Waals surface area contributed by atoms with Crippen LogP contribution in [-0.2, 0) is 0 Å². The van der Waals surface area contributed by atoms with Crippen LogP contribution in [0.4, 0.5) is 0 Å². The molecule has 1 aromatic carbocycles. The normalized spacial score (nSPS) is 12.2. The molecule has 0 spiro atoms. The fourth-order valence-corrected chi connectivity index (χ4v) is 1.95. The van der Waals surface area contributed by atoms with Gasteiger partial charge in [-0.3, -0.25) is 0 Å². The van der Waals surface area contributed by atoms with Crippen LogP contribution in [0.25, 0.3) is 0 Å². The summed E-state index contributed by atoms with van der Waals surface area (Å²) in [5, 5.41) is 10.5. The van der Waals surface area contributed by atoms with Gasteiger partial charge in [-0.2, -0.15) is 0 Å². The van der Waals surface area contributed by atoms with E-state index in [1.807, 2.05) is 0 Å². The van der Waals surface area contributed by atoms with Crippen LogP contribution in [0.1, 0.15) is 18.6 Å². The van der Waals surface area contributed by atoms with Crippen molar-refractivity contribution < 1.29 is 9.84 Å². The number of nitrogens with zero attached hydrogens (tertiary/aromatic N) is 1. The quantitative estimate of drug-likeness (QED) is 0.916. The number of aliphatic hydroxyl groups excluding tert-OH is 1. The molecule has 1 aromatic heterocycles. The van der Waals surface area contributed by atoms with Gasteiger partial charge in [-0.1, -0.05) is 23.2 Å². The minimum atomic E-state index is -0.571. The predicted molar refractivity (Wildman–Crippen MR) is 71.4 cm³/mol. The lowest BCUT2D eigenvalue weighted by atomic mass is 10.2. The van der Waals surface area contributed by atoms with Gasteiger partial charge in [0.25, 0.3) is 0 Å². The zero-order valence-corrected chi connectivity index (χ0v) is 11.1. The monoisotopic (exact) mass is 283 g/mol. The highest BCUT2D eigenvalue weighted by molar-refractivity contribution is 6.34. The molecule has 0 aliphatic carbocycles. The van der Waals surface area contributed by atoms with Crippen LogP contribution in [0.15, 0.2) is 36.5 Å². The Hall–Kier alpha value is -1.29. The van der Waals surface area contributed by atoms with E-state index in [-0.39, 0.29) is 0 Å². The second kappa shape index (κ2) is 5.57. The van der Waals surface area contributed by atoms with Gasteiger partial charge in [0.15, 0.2) is 0 Å². The Morgan fingerprint density at radius 1 is 1.17 bits per heavy atom. The third kappa shape index (κ3) is 3.35. The fraction of sp³-hybridized carbons (Fsp3) is 0.154. The Morgan fingerprint density at radius 3 is 2.44 bits per heavy atom. The summed E-state index contributed by atoms with van der Waals surface area (Å²) in [5.74, 6) is 0.884. The van der Waals surface area contributed by atoms with Crippen molar-refractivity contribution in [3.63, 3.8) is 0 Å². The van der Waals surface area contributed by atoms with Crippen molar-refractivity contribution in [1.82, 2.24) is 4.98 Å². The number of hydrogen-bond acceptors (Lipinski definition) is 3. The highest BCUT2D eigenvalue weighted by Crippen LogP contribution is 2.28. The van der Waals surface area contributed by atoms with Gasteiger partial charge in [0.05, 0.1) is 6.10 Å². The van der Waals surface area contributed by atoms with E-state index in [0.29, 0.717) is 21.7 Å². The Balaban J connectivity index is 2.25. The molecule has 0 saturated carbocycles. The summed E-state index contributed by atoms with van der Waals surface area (Å²) >= 11 is 11.7. The molecule has 1 atom stereocenters. The van der Waals surface area contributed by atoms with E-state index in [9.17, 15) is 5.11 Å². The second-order valence-electron chi connectivity index (χ2n) is 3.81. The maximum Gasteiger partial charge on any atom is 0.219 e. The molecule has 0 saturated heterocycles. The van der Waals surface area contributed by atoms with Crippen molar-refractivity contribution in [3.05, 3.63) is 52.1 Å². The molecule has 0 bridgehead atoms. The topological polar surface area (TPSA) is 42.4 Å². The number of pyridine rings is 1. The molecule has 0 fully saturated rings. The average Bonchev–Trinajstić information content (AvgIpc) is 2.27. The third-order valence-corrected chi connectivity index (χ3v) is 2.74. The summed E-state index contributed by atoms with van der Waals surface area (Å²) < 4.78 is 5.54. The molecule has 1 N–H and O–H groups in total. The molecule has 0 aliphatic heterocycles.